The molecule has 5 heteroatoms. The van der Waals surface area contributed by atoms with Gasteiger partial charge in [0.1, 0.15) is 17.7 Å². The third-order valence-corrected chi connectivity index (χ3v) is 4.65. The molecule has 2 aliphatic rings. The number of rotatable bonds is 3. The summed E-state index contributed by atoms with van der Waals surface area (Å²) in [4.78, 5) is 11.7. The normalized spacial score (nSPS) is 21.5. The van der Waals surface area contributed by atoms with Crippen LogP contribution in [0.4, 0.5) is 5.82 Å². The van der Waals surface area contributed by atoms with Crippen LogP contribution in [0.15, 0.2) is 30.3 Å². The van der Waals surface area contributed by atoms with Crippen LogP contribution in [-0.2, 0) is 4.74 Å². The minimum absolute atomic E-state index is 0.0297. The molecule has 0 amide bonds. The van der Waals surface area contributed by atoms with Crippen molar-refractivity contribution in [1.29, 1.82) is 0 Å². The van der Waals surface area contributed by atoms with Crippen LogP contribution >= 0.6 is 11.6 Å². The van der Waals surface area contributed by atoms with E-state index in [4.69, 9.17) is 21.3 Å². The first-order valence-electron chi connectivity index (χ1n) is 8.16. The fourth-order valence-electron chi connectivity index (χ4n) is 3.03. The van der Waals surface area contributed by atoms with Crippen LogP contribution < -0.4 is 4.90 Å². The fraction of sp³-hybridized carbons (Fsp3) is 0.444. The van der Waals surface area contributed by atoms with Gasteiger partial charge in [-0.05, 0) is 37.5 Å². The number of ether oxygens (including phenoxy) is 1. The predicted molar refractivity (Wildman–Crippen MR) is 91.1 cm³/mol. The lowest BCUT2D eigenvalue weighted by atomic mass is 10.1. The molecule has 1 saturated heterocycles. The van der Waals surface area contributed by atoms with Crippen LogP contribution in [0.1, 0.15) is 41.9 Å². The summed E-state index contributed by atoms with van der Waals surface area (Å²) in [5.74, 6) is 2.60. The maximum Gasteiger partial charge on any atom is 0.134 e. The molecule has 0 radical (unpaired) electrons. The summed E-state index contributed by atoms with van der Waals surface area (Å²) in [6.45, 7) is 4.39. The Morgan fingerprint density at radius 2 is 2.09 bits per heavy atom. The standard InChI is InChI=1S/C18H20ClN3O/c1-12-9-17(21-18(20-12)13-5-6-13)22-7-8-23-16(11-22)14-3-2-4-15(19)10-14/h2-4,9-10,13,16H,5-8,11H2,1H3. The third kappa shape index (κ3) is 3.33. The smallest absolute Gasteiger partial charge is 0.134 e. The Morgan fingerprint density at radius 3 is 2.87 bits per heavy atom. The maximum absolute atomic E-state index is 6.11. The number of aryl methyl sites for hydroxylation is 1. The van der Waals surface area contributed by atoms with Crippen LogP contribution in [0, 0.1) is 6.92 Å². The molecule has 0 spiro atoms. The van der Waals surface area contributed by atoms with E-state index < -0.39 is 0 Å². The monoisotopic (exact) mass is 329 g/mol. The van der Waals surface area contributed by atoms with Crippen molar-refractivity contribution in [3.8, 4) is 0 Å². The zero-order valence-electron chi connectivity index (χ0n) is 13.2. The van der Waals surface area contributed by atoms with Crippen LogP contribution in [0.25, 0.3) is 0 Å². The number of aromatic nitrogens is 2. The second-order valence-electron chi connectivity index (χ2n) is 6.36. The summed E-state index contributed by atoms with van der Waals surface area (Å²) in [5.41, 5.74) is 2.16. The summed E-state index contributed by atoms with van der Waals surface area (Å²) in [7, 11) is 0. The number of morpholine rings is 1. The Balaban J connectivity index is 1.57. The first-order chi connectivity index (χ1) is 11.2. The van der Waals surface area contributed by atoms with E-state index in [1.807, 2.05) is 25.1 Å². The summed E-state index contributed by atoms with van der Waals surface area (Å²) < 4.78 is 5.95. The second kappa shape index (κ2) is 6.10. The molecule has 0 N–H and O–H groups in total. The largest absolute Gasteiger partial charge is 0.370 e. The molecule has 23 heavy (non-hydrogen) atoms. The van der Waals surface area contributed by atoms with Gasteiger partial charge in [-0.15, -0.1) is 0 Å². The Bertz CT molecular complexity index is 717. The molecule has 2 fully saturated rings. The molecule has 1 aromatic carbocycles. The van der Waals surface area contributed by atoms with Crippen LogP contribution in [-0.4, -0.2) is 29.7 Å². The van der Waals surface area contributed by atoms with Gasteiger partial charge in [-0.2, -0.15) is 0 Å². The lowest BCUT2D eigenvalue weighted by Crippen LogP contribution is -2.39. The van der Waals surface area contributed by atoms with Gasteiger partial charge in [0.15, 0.2) is 0 Å². The van der Waals surface area contributed by atoms with E-state index in [0.717, 1.165) is 41.0 Å². The van der Waals surface area contributed by atoms with Crippen molar-refractivity contribution in [2.24, 2.45) is 0 Å². The molecule has 2 heterocycles. The first-order valence-corrected chi connectivity index (χ1v) is 8.54. The van der Waals surface area contributed by atoms with Gasteiger partial charge in [0.2, 0.25) is 0 Å². The fourth-order valence-corrected chi connectivity index (χ4v) is 3.23. The van der Waals surface area contributed by atoms with Crippen molar-refractivity contribution in [2.75, 3.05) is 24.6 Å². The van der Waals surface area contributed by atoms with Gasteiger partial charge in [0.05, 0.1) is 6.61 Å². The highest BCUT2D eigenvalue weighted by molar-refractivity contribution is 6.30. The van der Waals surface area contributed by atoms with Gasteiger partial charge < -0.3 is 9.64 Å². The summed E-state index contributed by atoms with van der Waals surface area (Å²) in [6.07, 6.45) is 2.47. The molecule has 1 aromatic heterocycles. The summed E-state index contributed by atoms with van der Waals surface area (Å²) >= 11 is 6.11. The van der Waals surface area contributed by atoms with Crippen molar-refractivity contribution in [2.45, 2.75) is 31.8 Å². The quantitative estimate of drug-likeness (QED) is 0.856. The molecular formula is C18H20ClN3O. The Morgan fingerprint density at radius 1 is 1.22 bits per heavy atom. The Kier molecular flexibility index (Phi) is 3.95. The Labute approximate surface area is 141 Å². The average Bonchev–Trinajstić information content (AvgIpc) is 3.39. The van der Waals surface area contributed by atoms with Gasteiger partial charge >= 0.3 is 0 Å². The molecular weight excluding hydrogens is 310 g/mol. The number of halogens is 1. The van der Waals surface area contributed by atoms with Gasteiger partial charge in [-0.25, -0.2) is 9.97 Å². The number of benzene rings is 1. The van der Waals surface area contributed by atoms with E-state index in [2.05, 4.69) is 22.0 Å². The van der Waals surface area contributed by atoms with E-state index in [9.17, 15) is 0 Å². The van der Waals surface area contributed by atoms with Crippen molar-refractivity contribution < 1.29 is 4.74 Å². The van der Waals surface area contributed by atoms with Crippen LogP contribution in [0.3, 0.4) is 0 Å². The molecule has 0 bridgehead atoms. The molecule has 1 aliphatic heterocycles. The summed E-state index contributed by atoms with van der Waals surface area (Å²) in [6, 6.07) is 9.99. The molecule has 1 saturated carbocycles. The number of anilines is 1. The van der Waals surface area contributed by atoms with E-state index in [1.54, 1.807) is 0 Å². The number of nitrogens with zero attached hydrogens (tertiary/aromatic N) is 3. The second-order valence-corrected chi connectivity index (χ2v) is 6.80. The maximum atomic E-state index is 6.11. The van der Waals surface area contributed by atoms with Gasteiger partial charge in [0.25, 0.3) is 0 Å². The molecule has 120 valence electrons. The lowest BCUT2D eigenvalue weighted by molar-refractivity contribution is 0.0395. The summed E-state index contributed by atoms with van der Waals surface area (Å²) in [5, 5.41) is 0.747. The molecule has 1 aliphatic carbocycles. The van der Waals surface area contributed by atoms with E-state index in [0.29, 0.717) is 12.5 Å². The van der Waals surface area contributed by atoms with E-state index in [1.165, 1.54) is 12.8 Å². The van der Waals surface area contributed by atoms with Gasteiger partial charge in [-0.1, -0.05) is 23.7 Å². The zero-order chi connectivity index (χ0) is 15.8. The SMILES string of the molecule is Cc1cc(N2CCOC(c3cccc(Cl)c3)C2)nc(C2CC2)n1. The highest BCUT2D eigenvalue weighted by atomic mass is 35.5. The van der Waals surface area contributed by atoms with Crippen molar-refractivity contribution in [3.63, 3.8) is 0 Å². The topological polar surface area (TPSA) is 38.2 Å². The van der Waals surface area contributed by atoms with Crippen LogP contribution in [0.5, 0.6) is 0 Å². The molecule has 1 unspecified atom stereocenters. The van der Waals surface area contributed by atoms with Crippen molar-refractivity contribution in [3.05, 3.63) is 52.4 Å². The first kappa shape index (κ1) is 14.9. The highest BCUT2D eigenvalue weighted by Crippen LogP contribution is 2.39. The minimum atomic E-state index is 0.0297. The van der Waals surface area contributed by atoms with E-state index in [-0.39, 0.29) is 6.10 Å². The molecule has 4 rings (SSSR count). The van der Waals surface area contributed by atoms with Crippen molar-refractivity contribution in [1.82, 2.24) is 9.97 Å². The van der Waals surface area contributed by atoms with E-state index >= 15 is 0 Å². The highest BCUT2D eigenvalue weighted by Gasteiger charge is 2.29. The number of hydrogen-bond acceptors (Lipinski definition) is 4. The van der Waals surface area contributed by atoms with Gasteiger partial charge in [0, 0.05) is 35.8 Å². The zero-order valence-corrected chi connectivity index (χ0v) is 14.0. The number of hydrogen-bond donors (Lipinski definition) is 0. The van der Waals surface area contributed by atoms with Crippen molar-refractivity contribution >= 4 is 17.4 Å². The molecule has 4 nitrogen and oxygen atoms in total. The predicted octanol–water partition coefficient (Wildman–Crippen LogP) is 3.89. The third-order valence-electron chi connectivity index (χ3n) is 4.41. The lowest BCUT2D eigenvalue weighted by Gasteiger charge is -2.34. The minimum Gasteiger partial charge on any atom is -0.370 e. The van der Waals surface area contributed by atoms with Crippen LogP contribution in [0.2, 0.25) is 5.02 Å². The average molecular weight is 330 g/mol. The molecule has 2 aromatic rings. The molecule has 1 atom stereocenters. The van der Waals surface area contributed by atoms with Gasteiger partial charge in [-0.3, -0.25) is 0 Å². The Hall–Kier alpha value is -1.65.